The fourth-order valence-corrected chi connectivity index (χ4v) is 6.93. The molecule has 2 saturated heterocycles. The average molecular weight is 583 g/mol. The summed E-state index contributed by atoms with van der Waals surface area (Å²) in [6.07, 6.45) is 8.21. The van der Waals surface area contributed by atoms with Gasteiger partial charge < -0.3 is 24.6 Å². The first-order valence-electron chi connectivity index (χ1n) is 15.7. The van der Waals surface area contributed by atoms with Crippen molar-refractivity contribution in [2.75, 3.05) is 24.7 Å². The molecule has 3 fully saturated rings. The highest BCUT2D eigenvalue weighted by molar-refractivity contribution is 6.06. The third kappa shape index (κ3) is 7.25. The molecule has 2 unspecified atom stereocenters. The smallest absolute Gasteiger partial charge is 0.407 e. The molecule has 42 heavy (non-hydrogen) atoms. The molecule has 230 valence electrons. The molecule has 3 heterocycles. The van der Waals surface area contributed by atoms with Gasteiger partial charge in [-0.1, -0.05) is 6.07 Å². The van der Waals surface area contributed by atoms with E-state index in [0.29, 0.717) is 24.4 Å². The number of piperidine rings is 1. The molecule has 4 aliphatic rings. The van der Waals surface area contributed by atoms with Crippen LogP contribution in [0, 0.1) is 5.92 Å². The monoisotopic (exact) mass is 582 g/mol. The van der Waals surface area contributed by atoms with Gasteiger partial charge in [-0.25, -0.2) is 4.79 Å². The predicted molar refractivity (Wildman–Crippen MR) is 158 cm³/mol. The van der Waals surface area contributed by atoms with Crippen molar-refractivity contribution in [1.82, 2.24) is 15.5 Å². The van der Waals surface area contributed by atoms with E-state index >= 15 is 0 Å². The van der Waals surface area contributed by atoms with Crippen LogP contribution in [0.15, 0.2) is 18.2 Å². The number of imide groups is 1. The maximum absolute atomic E-state index is 13.5. The maximum Gasteiger partial charge on any atom is 0.407 e. The summed E-state index contributed by atoms with van der Waals surface area (Å²) in [5.74, 6) is -0.241. The van der Waals surface area contributed by atoms with Gasteiger partial charge in [0, 0.05) is 61.6 Å². The van der Waals surface area contributed by atoms with Gasteiger partial charge in [0.1, 0.15) is 11.6 Å². The lowest BCUT2D eigenvalue weighted by Crippen LogP contribution is -2.52. The lowest BCUT2D eigenvalue weighted by molar-refractivity contribution is -0.136. The molecular formula is C32H46N4O6. The van der Waals surface area contributed by atoms with Crippen molar-refractivity contribution < 1.29 is 28.7 Å². The zero-order valence-electron chi connectivity index (χ0n) is 25.3. The molecule has 1 saturated carbocycles. The van der Waals surface area contributed by atoms with Gasteiger partial charge in [0.25, 0.3) is 5.91 Å². The van der Waals surface area contributed by atoms with E-state index in [2.05, 4.69) is 21.6 Å². The lowest BCUT2D eigenvalue weighted by Gasteiger charge is -2.40. The minimum atomic E-state index is -0.635. The zero-order chi connectivity index (χ0) is 29.9. The minimum absolute atomic E-state index is 0.0726. The standard InChI is InChI=1S/C32H46N4O6/c1-32(2,3)42-31(40)33-22-11-13-23(14-12-22)35(17-5-7-21-8-6-18-41-20-21)26-10-4-9-24-25(26)19-36(30(24)39)27-15-16-28(37)34-29(27)38/h4,9-10,21-23,27H,5-8,11-20H2,1-3H3,(H,33,40)(H,34,37,38). The number of amides is 4. The van der Waals surface area contributed by atoms with Crippen LogP contribution in [0.3, 0.4) is 0 Å². The van der Waals surface area contributed by atoms with Gasteiger partial charge in [-0.15, -0.1) is 0 Å². The Morgan fingerprint density at radius 1 is 1.12 bits per heavy atom. The summed E-state index contributed by atoms with van der Waals surface area (Å²) in [5, 5.41) is 5.45. The number of carbonyl (C=O) groups is 4. The number of hydrogen-bond donors (Lipinski definition) is 2. The number of carbonyl (C=O) groups excluding carboxylic acids is 4. The van der Waals surface area contributed by atoms with Crippen LogP contribution in [-0.4, -0.2) is 72.2 Å². The van der Waals surface area contributed by atoms with Crippen LogP contribution < -0.4 is 15.5 Å². The van der Waals surface area contributed by atoms with Gasteiger partial charge in [0.2, 0.25) is 11.8 Å². The van der Waals surface area contributed by atoms with Gasteiger partial charge in [-0.2, -0.15) is 0 Å². The Hall–Kier alpha value is -3.14. The molecule has 2 atom stereocenters. The van der Waals surface area contributed by atoms with Crippen molar-refractivity contribution in [3.8, 4) is 0 Å². The predicted octanol–water partition coefficient (Wildman–Crippen LogP) is 4.30. The molecule has 1 aromatic rings. The summed E-state index contributed by atoms with van der Waals surface area (Å²) in [7, 11) is 0. The highest BCUT2D eigenvalue weighted by Crippen LogP contribution is 2.37. The molecule has 0 aromatic heterocycles. The van der Waals surface area contributed by atoms with E-state index in [1.165, 1.54) is 6.42 Å². The van der Waals surface area contributed by atoms with Crippen LogP contribution in [0.25, 0.3) is 0 Å². The Morgan fingerprint density at radius 2 is 1.90 bits per heavy atom. The minimum Gasteiger partial charge on any atom is -0.444 e. The molecule has 5 rings (SSSR count). The molecule has 3 aliphatic heterocycles. The van der Waals surface area contributed by atoms with E-state index in [1.54, 1.807) is 4.90 Å². The number of nitrogens with zero attached hydrogens (tertiary/aromatic N) is 2. The largest absolute Gasteiger partial charge is 0.444 e. The third-order valence-electron chi connectivity index (χ3n) is 8.99. The Morgan fingerprint density at radius 3 is 2.60 bits per heavy atom. The lowest BCUT2D eigenvalue weighted by atomic mass is 9.89. The number of fused-ring (bicyclic) bond motifs is 1. The van der Waals surface area contributed by atoms with Gasteiger partial charge in [0.05, 0.1) is 0 Å². The second-order valence-electron chi connectivity index (χ2n) is 13.3. The molecule has 1 aromatic carbocycles. The van der Waals surface area contributed by atoms with E-state index in [-0.39, 0.29) is 36.4 Å². The first-order chi connectivity index (χ1) is 20.1. The molecule has 10 heteroatoms. The summed E-state index contributed by atoms with van der Waals surface area (Å²) in [5.41, 5.74) is 2.12. The van der Waals surface area contributed by atoms with E-state index in [9.17, 15) is 19.2 Å². The summed E-state index contributed by atoms with van der Waals surface area (Å²) >= 11 is 0. The number of benzene rings is 1. The molecule has 2 N–H and O–H groups in total. The van der Waals surface area contributed by atoms with Gasteiger partial charge in [-0.3, -0.25) is 19.7 Å². The highest BCUT2D eigenvalue weighted by Gasteiger charge is 2.41. The molecule has 1 aliphatic carbocycles. The number of rotatable bonds is 8. The van der Waals surface area contributed by atoms with Crippen LogP contribution in [0.5, 0.6) is 0 Å². The summed E-state index contributed by atoms with van der Waals surface area (Å²) in [6, 6.07) is 5.61. The average Bonchev–Trinajstić information content (AvgIpc) is 3.27. The second kappa shape index (κ2) is 13.0. The highest BCUT2D eigenvalue weighted by atomic mass is 16.6. The topological polar surface area (TPSA) is 117 Å². The fourth-order valence-electron chi connectivity index (χ4n) is 6.93. The Bertz CT molecular complexity index is 1170. The van der Waals surface area contributed by atoms with Gasteiger partial charge in [-0.05, 0) is 96.6 Å². The van der Waals surface area contributed by atoms with Crippen molar-refractivity contribution in [3.05, 3.63) is 29.3 Å². The number of ether oxygens (including phenoxy) is 2. The van der Waals surface area contributed by atoms with Crippen molar-refractivity contribution in [1.29, 1.82) is 0 Å². The summed E-state index contributed by atoms with van der Waals surface area (Å²) < 4.78 is 11.2. The zero-order valence-corrected chi connectivity index (χ0v) is 25.3. The van der Waals surface area contributed by atoms with Crippen molar-refractivity contribution in [2.24, 2.45) is 5.92 Å². The second-order valence-corrected chi connectivity index (χ2v) is 13.3. The Balaban J connectivity index is 1.31. The SMILES string of the molecule is CC(C)(C)OC(=O)NC1CCC(N(CCCC2CCCOC2)c2cccc3c2CN(C2CCC(=O)NC2=O)C3=O)CC1. The van der Waals surface area contributed by atoms with Crippen molar-refractivity contribution in [3.63, 3.8) is 0 Å². The van der Waals surface area contributed by atoms with Crippen LogP contribution in [0.2, 0.25) is 0 Å². The first-order valence-corrected chi connectivity index (χ1v) is 15.7. The van der Waals surface area contributed by atoms with E-state index in [4.69, 9.17) is 9.47 Å². The van der Waals surface area contributed by atoms with E-state index < -0.39 is 17.6 Å². The van der Waals surface area contributed by atoms with Crippen molar-refractivity contribution >= 4 is 29.5 Å². The quantitative estimate of drug-likeness (QED) is 0.439. The van der Waals surface area contributed by atoms with Crippen LogP contribution in [-0.2, 0) is 25.6 Å². The van der Waals surface area contributed by atoms with Crippen LogP contribution in [0.1, 0.15) is 101 Å². The number of nitrogens with one attached hydrogen (secondary N) is 2. The molecule has 0 spiro atoms. The number of alkyl carbamates (subject to hydrolysis) is 1. The summed E-state index contributed by atoms with van der Waals surface area (Å²) in [4.78, 5) is 54.4. The molecule has 0 radical (unpaired) electrons. The summed E-state index contributed by atoms with van der Waals surface area (Å²) in [6.45, 7) is 8.52. The van der Waals surface area contributed by atoms with Crippen LogP contribution >= 0.6 is 0 Å². The van der Waals surface area contributed by atoms with E-state index in [0.717, 1.165) is 76.0 Å². The van der Waals surface area contributed by atoms with E-state index in [1.807, 2.05) is 32.9 Å². The fraction of sp³-hybridized carbons (Fsp3) is 0.688. The Labute approximate surface area is 248 Å². The molecule has 4 amide bonds. The normalized spacial score (nSPS) is 26.5. The number of anilines is 1. The molecule has 0 bridgehead atoms. The molecular weight excluding hydrogens is 536 g/mol. The molecule has 10 nitrogen and oxygen atoms in total. The third-order valence-corrected chi connectivity index (χ3v) is 8.99. The van der Waals surface area contributed by atoms with Gasteiger partial charge in [0.15, 0.2) is 0 Å². The number of hydrogen-bond acceptors (Lipinski definition) is 7. The van der Waals surface area contributed by atoms with Gasteiger partial charge >= 0.3 is 6.09 Å². The Kier molecular flexibility index (Phi) is 9.40. The van der Waals surface area contributed by atoms with Crippen molar-refractivity contribution in [2.45, 2.75) is 115 Å². The first kappa shape index (κ1) is 30.3. The van der Waals surface area contributed by atoms with Crippen LogP contribution in [0.4, 0.5) is 10.5 Å². The maximum atomic E-state index is 13.5.